The number of aromatic nitrogens is 1. The third kappa shape index (κ3) is 5.26. The van der Waals surface area contributed by atoms with Crippen molar-refractivity contribution in [2.75, 3.05) is 5.32 Å². The van der Waals surface area contributed by atoms with E-state index in [1.165, 1.54) is 55.8 Å². The zero-order valence-electron chi connectivity index (χ0n) is 23.1. The van der Waals surface area contributed by atoms with Gasteiger partial charge in [0.2, 0.25) is 0 Å². The van der Waals surface area contributed by atoms with E-state index in [1.807, 2.05) is 0 Å². The monoisotopic (exact) mass is 496 g/mol. The molecule has 1 N–H and O–H groups in total. The zero-order valence-corrected chi connectivity index (χ0v) is 23.1. The molecule has 0 aliphatic rings. The van der Waals surface area contributed by atoms with E-state index in [0.29, 0.717) is 0 Å². The Labute approximate surface area is 227 Å². The molecule has 0 saturated carbocycles. The molecule has 0 spiro atoms. The van der Waals surface area contributed by atoms with Crippen molar-refractivity contribution in [2.45, 2.75) is 47.5 Å². The van der Waals surface area contributed by atoms with Crippen LogP contribution in [0.3, 0.4) is 0 Å². The van der Waals surface area contributed by atoms with E-state index in [-0.39, 0.29) is 0 Å². The van der Waals surface area contributed by atoms with Crippen molar-refractivity contribution < 1.29 is 0 Å². The standard InChI is InChI=1S/C36H36N2/c1-6-27-12-8-10-14-32(27)34-22-30(23-35(38-34)33-15-11-9-13-28(33)7-2)29-16-18-31(19-17-29)37-36-25(4)20-24(3)21-26(36)5/h8-23,37H,6-7H2,1-5H3. The van der Waals surface area contributed by atoms with Gasteiger partial charge in [0.15, 0.2) is 0 Å². The van der Waals surface area contributed by atoms with Crippen LogP contribution in [0.1, 0.15) is 41.7 Å². The molecular formula is C36H36N2. The summed E-state index contributed by atoms with van der Waals surface area (Å²) in [4.78, 5) is 5.20. The summed E-state index contributed by atoms with van der Waals surface area (Å²) in [5.41, 5.74) is 15.5. The SMILES string of the molecule is CCc1ccccc1-c1cc(-c2ccc(Nc3c(C)cc(C)cc3C)cc2)cc(-c2ccccc2CC)n1. The number of rotatable bonds is 7. The lowest BCUT2D eigenvalue weighted by molar-refractivity contribution is 1.13. The summed E-state index contributed by atoms with van der Waals surface area (Å²) < 4.78 is 0. The number of hydrogen-bond acceptors (Lipinski definition) is 2. The second-order valence-electron chi connectivity index (χ2n) is 10.1. The van der Waals surface area contributed by atoms with Crippen LogP contribution in [0, 0.1) is 20.8 Å². The van der Waals surface area contributed by atoms with Crippen molar-refractivity contribution in [3.63, 3.8) is 0 Å². The van der Waals surface area contributed by atoms with E-state index < -0.39 is 0 Å². The van der Waals surface area contributed by atoms with Gasteiger partial charge in [-0.15, -0.1) is 0 Å². The molecule has 2 heteroatoms. The van der Waals surface area contributed by atoms with Gasteiger partial charge in [0, 0.05) is 22.5 Å². The second-order valence-corrected chi connectivity index (χ2v) is 10.1. The fraction of sp³-hybridized carbons (Fsp3) is 0.194. The maximum atomic E-state index is 5.20. The lowest BCUT2D eigenvalue weighted by Gasteiger charge is -2.16. The fourth-order valence-corrected chi connectivity index (χ4v) is 5.40. The van der Waals surface area contributed by atoms with Gasteiger partial charge in [-0.1, -0.05) is 92.2 Å². The Morgan fingerprint density at radius 3 is 1.58 bits per heavy atom. The largest absolute Gasteiger partial charge is 0.355 e. The number of hydrogen-bond donors (Lipinski definition) is 1. The first-order chi connectivity index (χ1) is 18.5. The first-order valence-corrected chi connectivity index (χ1v) is 13.6. The number of nitrogens with zero attached hydrogens (tertiary/aromatic N) is 1. The van der Waals surface area contributed by atoms with Crippen LogP contribution >= 0.6 is 0 Å². The highest BCUT2D eigenvalue weighted by Gasteiger charge is 2.13. The van der Waals surface area contributed by atoms with Crippen LogP contribution in [-0.4, -0.2) is 4.98 Å². The van der Waals surface area contributed by atoms with E-state index >= 15 is 0 Å². The predicted molar refractivity (Wildman–Crippen MR) is 163 cm³/mol. The molecule has 0 unspecified atom stereocenters. The predicted octanol–water partition coefficient (Wildman–Crippen LogP) is 9.88. The van der Waals surface area contributed by atoms with E-state index in [2.05, 4.69) is 137 Å². The summed E-state index contributed by atoms with van der Waals surface area (Å²) in [7, 11) is 0. The van der Waals surface area contributed by atoms with Crippen molar-refractivity contribution in [3.8, 4) is 33.6 Å². The molecule has 38 heavy (non-hydrogen) atoms. The van der Waals surface area contributed by atoms with Crippen LogP contribution in [0.15, 0.2) is 97.1 Å². The minimum atomic E-state index is 0.973. The first kappa shape index (κ1) is 25.5. The molecule has 1 heterocycles. The molecule has 0 radical (unpaired) electrons. The average Bonchev–Trinajstić information content (AvgIpc) is 2.95. The van der Waals surface area contributed by atoms with Crippen LogP contribution < -0.4 is 5.32 Å². The van der Waals surface area contributed by atoms with E-state index in [4.69, 9.17) is 4.98 Å². The van der Waals surface area contributed by atoms with Crippen LogP contribution in [0.5, 0.6) is 0 Å². The normalized spacial score (nSPS) is 11.0. The van der Waals surface area contributed by atoms with Gasteiger partial charge in [0.05, 0.1) is 11.4 Å². The topological polar surface area (TPSA) is 24.9 Å². The average molecular weight is 497 g/mol. The van der Waals surface area contributed by atoms with Gasteiger partial charge >= 0.3 is 0 Å². The van der Waals surface area contributed by atoms with E-state index in [0.717, 1.165) is 29.9 Å². The molecule has 0 saturated heterocycles. The minimum Gasteiger partial charge on any atom is -0.355 e. The molecule has 0 aliphatic heterocycles. The number of anilines is 2. The highest BCUT2D eigenvalue weighted by atomic mass is 14.9. The summed E-state index contributed by atoms with van der Waals surface area (Å²) in [6.07, 6.45) is 1.95. The van der Waals surface area contributed by atoms with Crippen molar-refractivity contribution in [1.82, 2.24) is 4.98 Å². The Morgan fingerprint density at radius 1 is 0.579 bits per heavy atom. The molecule has 5 rings (SSSR count). The maximum Gasteiger partial charge on any atom is 0.0718 e. The lowest BCUT2D eigenvalue weighted by Crippen LogP contribution is -1.97. The molecule has 5 aromatic rings. The number of pyridine rings is 1. The molecule has 0 aliphatic carbocycles. The zero-order chi connectivity index (χ0) is 26.6. The third-order valence-corrected chi connectivity index (χ3v) is 7.34. The molecule has 4 aromatic carbocycles. The van der Waals surface area contributed by atoms with Crippen LogP contribution in [-0.2, 0) is 12.8 Å². The number of aryl methyl sites for hydroxylation is 5. The highest BCUT2D eigenvalue weighted by molar-refractivity contribution is 5.79. The lowest BCUT2D eigenvalue weighted by atomic mass is 9.95. The molecular weight excluding hydrogens is 460 g/mol. The highest BCUT2D eigenvalue weighted by Crippen LogP contribution is 2.34. The fourth-order valence-electron chi connectivity index (χ4n) is 5.40. The van der Waals surface area contributed by atoms with Crippen molar-refractivity contribution >= 4 is 11.4 Å². The van der Waals surface area contributed by atoms with Gasteiger partial charge in [-0.3, -0.25) is 0 Å². The van der Waals surface area contributed by atoms with Crippen LogP contribution in [0.25, 0.3) is 33.6 Å². The minimum absolute atomic E-state index is 0.973. The summed E-state index contributed by atoms with van der Waals surface area (Å²) in [6.45, 7) is 10.9. The molecule has 2 nitrogen and oxygen atoms in total. The van der Waals surface area contributed by atoms with Crippen LogP contribution in [0.2, 0.25) is 0 Å². The van der Waals surface area contributed by atoms with Crippen molar-refractivity contribution in [3.05, 3.63) is 125 Å². The Morgan fingerprint density at radius 2 is 1.08 bits per heavy atom. The Hall–Kier alpha value is -4.17. The molecule has 0 amide bonds. The van der Waals surface area contributed by atoms with E-state index in [9.17, 15) is 0 Å². The smallest absolute Gasteiger partial charge is 0.0718 e. The van der Waals surface area contributed by atoms with Gasteiger partial charge < -0.3 is 5.32 Å². The van der Waals surface area contributed by atoms with E-state index in [1.54, 1.807) is 0 Å². The van der Waals surface area contributed by atoms with Crippen LogP contribution in [0.4, 0.5) is 11.4 Å². The summed E-state index contributed by atoms with van der Waals surface area (Å²) in [5, 5.41) is 3.64. The molecule has 0 atom stereocenters. The first-order valence-electron chi connectivity index (χ1n) is 13.6. The maximum absolute atomic E-state index is 5.20. The van der Waals surface area contributed by atoms with Gasteiger partial charge in [-0.2, -0.15) is 0 Å². The van der Waals surface area contributed by atoms with Crippen molar-refractivity contribution in [1.29, 1.82) is 0 Å². The summed E-state index contributed by atoms with van der Waals surface area (Å²) in [5.74, 6) is 0. The Kier molecular flexibility index (Phi) is 7.42. The summed E-state index contributed by atoms with van der Waals surface area (Å²) in [6, 6.07) is 35.0. The second kappa shape index (κ2) is 11.1. The van der Waals surface area contributed by atoms with Crippen molar-refractivity contribution in [2.24, 2.45) is 0 Å². The number of nitrogens with one attached hydrogen (secondary N) is 1. The third-order valence-electron chi connectivity index (χ3n) is 7.34. The van der Waals surface area contributed by atoms with Gasteiger partial charge in [0.25, 0.3) is 0 Å². The summed E-state index contributed by atoms with van der Waals surface area (Å²) >= 11 is 0. The van der Waals surface area contributed by atoms with Gasteiger partial charge in [-0.05, 0) is 91.3 Å². The molecule has 0 fully saturated rings. The number of benzene rings is 4. The Bertz CT molecular complexity index is 1490. The Balaban J connectivity index is 1.58. The van der Waals surface area contributed by atoms with Gasteiger partial charge in [-0.25, -0.2) is 4.98 Å². The molecule has 0 bridgehead atoms. The molecule has 1 aromatic heterocycles. The van der Waals surface area contributed by atoms with Gasteiger partial charge in [0.1, 0.15) is 0 Å². The quantitative estimate of drug-likeness (QED) is 0.242. The molecule has 190 valence electrons.